The molecule has 1 rings (SSSR count). The first-order chi connectivity index (χ1) is 7.24. The molecule has 0 saturated heterocycles. The monoisotopic (exact) mass is 228 g/mol. The van der Waals surface area contributed by atoms with Crippen molar-refractivity contribution < 1.29 is 18.7 Å². The molecule has 1 aromatic rings. The van der Waals surface area contributed by atoms with Crippen LogP contribution in [0.3, 0.4) is 0 Å². The van der Waals surface area contributed by atoms with Gasteiger partial charge in [0, 0.05) is 6.07 Å². The summed E-state index contributed by atoms with van der Waals surface area (Å²) < 4.78 is 26.4. The summed E-state index contributed by atoms with van der Waals surface area (Å²) in [6.45, 7) is 4.53. The van der Waals surface area contributed by atoms with E-state index in [1.807, 2.05) is 0 Å². The third-order valence-corrected chi connectivity index (χ3v) is 2.54. The van der Waals surface area contributed by atoms with Crippen LogP contribution in [0.2, 0.25) is 0 Å². The van der Waals surface area contributed by atoms with Gasteiger partial charge in [-0.3, -0.25) is 4.79 Å². The van der Waals surface area contributed by atoms with E-state index in [2.05, 4.69) is 0 Å². The molecule has 0 bridgehead atoms. The molecular weight excluding hydrogens is 214 g/mol. The molecule has 0 radical (unpaired) electrons. The van der Waals surface area contributed by atoms with E-state index in [9.17, 15) is 13.6 Å². The number of aliphatic carboxylic acids is 1. The summed E-state index contributed by atoms with van der Waals surface area (Å²) in [4.78, 5) is 10.9. The van der Waals surface area contributed by atoms with Crippen molar-refractivity contribution in [3.05, 3.63) is 34.9 Å². The summed E-state index contributed by atoms with van der Waals surface area (Å²) in [7, 11) is 0. The molecule has 0 heterocycles. The number of aryl methyl sites for hydroxylation is 1. The van der Waals surface area contributed by atoms with Gasteiger partial charge < -0.3 is 5.11 Å². The molecule has 4 heteroatoms. The van der Waals surface area contributed by atoms with Crippen LogP contribution in [0, 0.1) is 24.0 Å². The fourth-order valence-electron chi connectivity index (χ4n) is 1.40. The van der Waals surface area contributed by atoms with Crippen molar-refractivity contribution in [2.75, 3.05) is 0 Å². The van der Waals surface area contributed by atoms with Crippen LogP contribution in [0.1, 0.15) is 25.0 Å². The molecule has 1 N–H and O–H groups in total. The maximum Gasteiger partial charge on any atom is 0.309 e. The molecule has 0 aliphatic carbocycles. The minimum Gasteiger partial charge on any atom is -0.481 e. The number of carboxylic acid groups (broad SMARTS) is 1. The smallest absolute Gasteiger partial charge is 0.309 e. The van der Waals surface area contributed by atoms with Gasteiger partial charge in [-0.25, -0.2) is 8.78 Å². The predicted molar refractivity (Wildman–Crippen MR) is 56.2 cm³/mol. The summed E-state index contributed by atoms with van der Waals surface area (Å²) >= 11 is 0. The van der Waals surface area contributed by atoms with Crippen molar-refractivity contribution in [3.63, 3.8) is 0 Å². The van der Waals surface area contributed by atoms with Crippen molar-refractivity contribution in [3.8, 4) is 0 Å². The van der Waals surface area contributed by atoms with Crippen molar-refractivity contribution in [2.45, 2.75) is 27.2 Å². The highest BCUT2D eigenvalue weighted by Gasteiger charge is 2.28. The van der Waals surface area contributed by atoms with Crippen LogP contribution in [0.15, 0.2) is 12.1 Å². The fourth-order valence-corrected chi connectivity index (χ4v) is 1.40. The molecule has 0 atom stereocenters. The van der Waals surface area contributed by atoms with E-state index in [-0.39, 0.29) is 12.0 Å². The molecule has 0 aliphatic heterocycles. The fraction of sp³-hybridized carbons (Fsp3) is 0.417. The van der Waals surface area contributed by atoms with Gasteiger partial charge in [-0.05, 0) is 38.3 Å². The first kappa shape index (κ1) is 12.6. The number of hydrogen-bond donors (Lipinski definition) is 1. The summed E-state index contributed by atoms with van der Waals surface area (Å²) in [5.74, 6) is -2.32. The van der Waals surface area contributed by atoms with Gasteiger partial charge in [-0.1, -0.05) is 6.07 Å². The molecule has 0 saturated carbocycles. The van der Waals surface area contributed by atoms with E-state index in [1.54, 1.807) is 0 Å². The quantitative estimate of drug-likeness (QED) is 0.863. The topological polar surface area (TPSA) is 37.3 Å². The van der Waals surface area contributed by atoms with Crippen LogP contribution >= 0.6 is 0 Å². The predicted octanol–water partition coefficient (Wildman–Crippen LogP) is 2.93. The molecule has 1 aromatic carbocycles. The standard InChI is InChI=1S/C12H14F2O2/c1-7-4-8(10(14)5-9(7)13)6-12(2,3)11(15)16/h4-5H,6H2,1-3H3,(H,15,16). The van der Waals surface area contributed by atoms with Crippen molar-refractivity contribution in [2.24, 2.45) is 5.41 Å². The summed E-state index contributed by atoms with van der Waals surface area (Å²) in [5, 5.41) is 8.92. The SMILES string of the molecule is Cc1cc(CC(C)(C)C(=O)O)c(F)cc1F. The summed E-state index contributed by atoms with van der Waals surface area (Å²) in [6, 6.07) is 2.15. The second-order valence-corrected chi connectivity index (χ2v) is 4.56. The van der Waals surface area contributed by atoms with E-state index in [1.165, 1.54) is 26.8 Å². The minimum absolute atomic E-state index is 0.0370. The van der Waals surface area contributed by atoms with E-state index in [4.69, 9.17) is 5.11 Å². The molecule has 0 aliphatic rings. The largest absolute Gasteiger partial charge is 0.481 e. The lowest BCUT2D eigenvalue weighted by atomic mass is 9.85. The third kappa shape index (κ3) is 2.56. The molecule has 2 nitrogen and oxygen atoms in total. The molecule has 88 valence electrons. The molecule has 0 unspecified atom stereocenters. The van der Waals surface area contributed by atoms with E-state index >= 15 is 0 Å². The maximum atomic E-state index is 13.4. The Bertz CT molecular complexity index is 425. The Hall–Kier alpha value is -1.45. The normalized spacial score (nSPS) is 11.6. The molecule has 0 spiro atoms. The Morgan fingerprint density at radius 1 is 1.31 bits per heavy atom. The van der Waals surface area contributed by atoms with E-state index < -0.39 is 23.0 Å². The van der Waals surface area contributed by atoms with Gasteiger partial charge in [0.2, 0.25) is 0 Å². The number of carboxylic acids is 1. The Balaban J connectivity index is 3.07. The highest BCUT2D eigenvalue weighted by Crippen LogP contribution is 2.25. The second-order valence-electron chi connectivity index (χ2n) is 4.56. The van der Waals surface area contributed by atoms with Crippen LogP contribution in [-0.4, -0.2) is 11.1 Å². The maximum absolute atomic E-state index is 13.4. The number of halogens is 2. The van der Waals surface area contributed by atoms with Crippen molar-refractivity contribution in [1.82, 2.24) is 0 Å². The summed E-state index contributed by atoms with van der Waals surface area (Å²) in [5.41, 5.74) is -0.519. The Morgan fingerprint density at radius 2 is 1.88 bits per heavy atom. The molecule has 0 fully saturated rings. The average Bonchev–Trinajstić information content (AvgIpc) is 2.13. The number of hydrogen-bond acceptors (Lipinski definition) is 1. The molecule has 16 heavy (non-hydrogen) atoms. The molecular formula is C12H14F2O2. The number of rotatable bonds is 3. The van der Waals surface area contributed by atoms with Crippen molar-refractivity contribution in [1.29, 1.82) is 0 Å². The Labute approximate surface area is 92.9 Å². The van der Waals surface area contributed by atoms with Gasteiger partial charge in [-0.15, -0.1) is 0 Å². The lowest BCUT2D eigenvalue weighted by Crippen LogP contribution is -2.26. The van der Waals surface area contributed by atoms with Crippen LogP contribution in [0.25, 0.3) is 0 Å². The first-order valence-electron chi connectivity index (χ1n) is 4.92. The Kier molecular flexibility index (Phi) is 3.31. The number of benzene rings is 1. The summed E-state index contributed by atoms with van der Waals surface area (Å²) in [6.07, 6.45) is 0.0370. The van der Waals surface area contributed by atoms with E-state index in [0.717, 1.165) is 6.07 Å². The lowest BCUT2D eigenvalue weighted by molar-refractivity contribution is -0.146. The number of carbonyl (C=O) groups is 1. The Morgan fingerprint density at radius 3 is 2.38 bits per heavy atom. The highest BCUT2D eigenvalue weighted by molar-refractivity contribution is 5.74. The van der Waals surface area contributed by atoms with Crippen LogP contribution in [-0.2, 0) is 11.2 Å². The van der Waals surface area contributed by atoms with Gasteiger partial charge in [0.25, 0.3) is 0 Å². The van der Waals surface area contributed by atoms with Gasteiger partial charge in [0.15, 0.2) is 0 Å². The highest BCUT2D eigenvalue weighted by atomic mass is 19.1. The van der Waals surface area contributed by atoms with Crippen molar-refractivity contribution >= 4 is 5.97 Å². The average molecular weight is 228 g/mol. The van der Waals surface area contributed by atoms with Gasteiger partial charge in [0.05, 0.1) is 5.41 Å². The zero-order valence-electron chi connectivity index (χ0n) is 9.47. The molecule has 0 amide bonds. The zero-order valence-corrected chi connectivity index (χ0v) is 9.47. The third-order valence-electron chi connectivity index (χ3n) is 2.54. The van der Waals surface area contributed by atoms with Crippen LogP contribution < -0.4 is 0 Å². The lowest BCUT2D eigenvalue weighted by Gasteiger charge is -2.19. The minimum atomic E-state index is -1.06. The van der Waals surface area contributed by atoms with Crippen LogP contribution in [0.5, 0.6) is 0 Å². The van der Waals surface area contributed by atoms with Gasteiger partial charge in [-0.2, -0.15) is 0 Å². The van der Waals surface area contributed by atoms with Gasteiger partial charge >= 0.3 is 5.97 Å². The van der Waals surface area contributed by atoms with Gasteiger partial charge in [0.1, 0.15) is 11.6 Å². The molecule has 0 aromatic heterocycles. The first-order valence-corrected chi connectivity index (χ1v) is 4.92. The zero-order chi connectivity index (χ0) is 12.5. The second kappa shape index (κ2) is 4.20. The van der Waals surface area contributed by atoms with Crippen LogP contribution in [0.4, 0.5) is 8.78 Å². The van der Waals surface area contributed by atoms with E-state index in [0.29, 0.717) is 5.56 Å².